The maximum Gasteiger partial charge on any atom is 0.276 e. The summed E-state index contributed by atoms with van der Waals surface area (Å²) in [6.07, 6.45) is 0. The van der Waals surface area contributed by atoms with Crippen LogP contribution in [0.4, 0.5) is 0 Å². The van der Waals surface area contributed by atoms with Crippen molar-refractivity contribution in [3.05, 3.63) is 114 Å². The molecule has 5 aromatic carbocycles. The molecule has 4 N–H and O–H groups in total. The van der Waals surface area contributed by atoms with E-state index in [-0.39, 0.29) is 24.3 Å². The second kappa shape index (κ2) is 15.1. The lowest BCUT2D eigenvalue weighted by Gasteiger charge is -2.12. The van der Waals surface area contributed by atoms with Gasteiger partial charge in [-0.05, 0) is 114 Å². The molecule has 5 aromatic rings. The largest absolute Gasteiger partial charge is 0.483 e. The van der Waals surface area contributed by atoms with Crippen molar-refractivity contribution in [3.8, 4) is 11.5 Å². The predicted octanol–water partition coefficient (Wildman–Crippen LogP) is 6.72. The van der Waals surface area contributed by atoms with Crippen LogP contribution >= 0.6 is 63.7 Å². The van der Waals surface area contributed by atoms with E-state index in [0.29, 0.717) is 20.4 Å². The molecule has 0 atom stereocenters. The molecule has 0 saturated carbocycles. The molecule has 234 valence electrons. The van der Waals surface area contributed by atoms with Gasteiger partial charge in [-0.1, -0.05) is 56.1 Å². The number of rotatable bonds is 8. The molecular weight excluding hydrogens is 856 g/mol. The third-order valence-corrected chi connectivity index (χ3v) is 9.14. The van der Waals surface area contributed by atoms with Gasteiger partial charge in [-0.15, -0.1) is 0 Å². The average Bonchev–Trinajstić information content (AvgIpc) is 3.05. The number of benzene rings is 5. The molecule has 0 unspecified atom stereocenters. The molecular formula is C32H22Br4N4O6. The molecule has 14 heteroatoms. The zero-order chi connectivity index (χ0) is 32.8. The standard InChI is InChI=1S/C32H22Br4N4O6/c33-21-7-9-23-19(13-21)5-11-25(29(23)35)45-15-27(41)37-39-31(43)17-1-2-18(4-3-17)32(44)40-38-28(42)16-46-26-12-6-20-14-22(34)8-10-24(20)30(26)36/h1-14H,15-16H2,(H,37,41)(H,38,42)(H,39,43)(H,40,44). The van der Waals surface area contributed by atoms with Crippen molar-refractivity contribution in [1.82, 2.24) is 21.7 Å². The molecule has 0 aliphatic carbocycles. The molecule has 0 aromatic heterocycles. The molecule has 0 aliphatic rings. The number of hydrogen-bond donors (Lipinski definition) is 4. The number of carbonyl (C=O) groups is 4. The van der Waals surface area contributed by atoms with Crippen molar-refractivity contribution >= 4 is 109 Å². The fourth-order valence-corrected chi connectivity index (χ4v) is 6.21. The van der Waals surface area contributed by atoms with Gasteiger partial charge in [-0.2, -0.15) is 0 Å². The minimum atomic E-state index is -0.601. The van der Waals surface area contributed by atoms with Crippen LogP contribution < -0.4 is 31.2 Å². The van der Waals surface area contributed by atoms with Crippen molar-refractivity contribution < 1.29 is 28.7 Å². The highest BCUT2D eigenvalue weighted by atomic mass is 79.9. The van der Waals surface area contributed by atoms with Gasteiger partial charge in [-0.25, -0.2) is 0 Å². The normalized spacial score (nSPS) is 10.7. The zero-order valence-electron chi connectivity index (χ0n) is 23.5. The molecule has 4 amide bonds. The van der Waals surface area contributed by atoms with E-state index in [4.69, 9.17) is 9.47 Å². The number of halogens is 4. The Hall–Kier alpha value is -3.98. The van der Waals surface area contributed by atoms with E-state index in [0.717, 1.165) is 30.5 Å². The van der Waals surface area contributed by atoms with Crippen LogP contribution in [0.1, 0.15) is 20.7 Å². The van der Waals surface area contributed by atoms with Crippen LogP contribution in [0.25, 0.3) is 21.5 Å². The first-order valence-corrected chi connectivity index (χ1v) is 16.6. The van der Waals surface area contributed by atoms with Gasteiger partial charge < -0.3 is 9.47 Å². The Balaban J connectivity index is 1.05. The van der Waals surface area contributed by atoms with Crippen LogP contribution in [0.15, 0.2) is 103 Å². The van der Waals surface area contributed by atoms with E-state index in [2.05, 4.69) is 85.4 Å². The Morgan fingerprint density at radius 1 is 0.500 bits per heavy atom. The van der Waals surface area contributed by atoms with Crippen LogP contribution in [-0.4, -0.2) is 36.8 Å². The van der Waals surface area contributed by atoms with Crippen molar-refractivity contribution in [1.29, 1.82) is 0 Å². The first-order valence-electron chi connectivity index (χ1n) is 13.4. The van der Waals surface area contributed by atoms with Crippen molar-refractivity contribution in [3.63, 3.8) is 0 Å². The Bertz CT molecular complexity index is 1850. The molecule has 0 aliphatic heterocycles. The zero-order valence-corrected chi connectivity index (χ0v) is 29.8. The summed E-state index contributed by atoms with van der Waals surface area (Å²) < 4.78 is 14.5. The van der Waals surface area contributed by atoms with E-state index in [1.54, 1.807) is 12.1 Å². The van der Waals surface area contributed by atoms with E-state index >= 15 is 0 Å². The second-order valence-corrected chi connectivity index (χ2v) is 13.1. The maximum absolute atomic E-state index is 12.5. The minimum Gasteiger partial charge on any atom is -0.483 e. The van der Waals surface area contributed by atoms with Crippen molar-refractivity contribution in [2.75, 3.05) is 13.2 Å². The lowest BCUT2D eigenvalue weighted by molar-refractivity contribution is -0.124. The highest BCUT2D eigenvalue weighted by Crippen LogP contribution is 2.35. The molecule has 0 spiro atoms. The fraction of sp³-hybridized carbons (Fsp3) is 0.0625. The summed E-state index contributed by atoms with van der Waals surface area (Å²) in [6.45, 7) is -0.678. The molecule has 0 bridgehead atoms. The van der Waals surface area contributed by atoms with Crippen LogP contribution in [-0.2, 0) is 9.59 Å². The van der Waals surface area contributed by atoms with Gasteiger partial charge in [0.2, 0.25) is 0 Å². The summed E-state index contributed by atoms with van der Waals surface area (Å²) in [5, 5.41) is 3.82. The van der Waals surface area contributed by atoms with Crippen LogP contribution in [0.2, 0.25) is 0 Å². The molecule has 0 saturated heterocycles. The number of fused-ring (bicyclic) bond motifs is 2. The van der Waals surface area contributed by atoms with E-state index < -0.39 is 23.6 Å². The first-order chi connectivity index (χ1) is 22.1. The van der Waals surface area contributed by atoms with Crippen molar-refractivity contribution in [2.45, 2.75) is 0 Å². The Labute approximate surface area is 296 Å². The lowest BCUT2D eigenvalue weighted by Crippen LogP contribution is -2.44. The Morgan fingerprint density at radius 2 is 0.891 bits per heavy atom. The highest BCUT2D eigenvalue weighted by Gasteiger charge is 2.14. The number of ether oxygens (including phenoxy) is 2. The summed E-state index contributed by atoms with van der Waals surface area (Å²) in [4.78, 5) is 49.5. The van der Waals surface area contributed by atoms with E-state index in [1.165, 1.54) is 24.3 Å². The minimum absolute atomic E-state index is 0.187. The van der Waals surface area contributed by atoms with Crippen molar-refractivity contribution in [2.24, 2.45) is 0 Å². The summed E-state index contributed by atoms with van der Waals surface area (Å²) in [6, 6.07) is 24.4. The fourth-order valence-electron chi connectivity index (χ4n) is 4.24. The Kier molecular flexibility index (Phi) is 10.9. The van der Waals surface area contributed by atoms with Crippen LogP contribution in [0, 0.1) is 0 Å². The number of nitrogens with one attached hydrogen (secondary N) is 4. The van der Waals surface area contributed by atoms with E-state index in [1.807, 2.05) is 48.5 Å². The molecule has 46 heavy (non-hydrogen) atoms. The monoisotopic (exact) mass is 874 g/mol. The van der Waals surface area contributed by atoms with E-state index in [9.17, 15) is 19.2 Å². The predicted molar refractivity (Wildman–Crippen MR) is 187 cm³/mol. The molecule has 5 rings (SSSR count). The third kappa shape index (κ3) is 8.23. The van der Waals surface area contributed by atoms with Gasteiger partial charge in [0.25, 0.3) is 23.6 Å². The summed E-state index contributed by atoms with van der Waals surface area (Å²) >= 11 is 13.9. The highest BCUT2D eigenvalue weighted by molar-refractivity contribution is 9.11. The average molecular weight is 878 g/mol. The van der Waals surface area contributed by atoms with Gasteiger partial charge in [0.05, 0.1) is 8.95 Å². The summed E-state index contributed by atoms with van der Waals surface area (Å²) in [5.41, 5.74) is 9.58. The smallest absolute Gasteiger partial charge is 0.276 e. The molecule has 0 radical (unpaired) electrons. The number of amides is 4. The van der Waals surface area contributed by atoms with Gasteiger partial charge in [0.1, 0.15) is 11.5 Å². The summed E-state index contributed by atoms with van der Waals surface area (Å²) in [7, 11) is 0. The summed E-state index contributed by atoms with van der Waals surface area (Å²) in [5.74, 6) is -1.41. The quantitative estimate of drug-likeness (QED) is 0.128. The van der Waals surface area contributed by atoms with Gasteiger partial charge in [-0.3, -0.25) is 40.9 Å². The van der Waals surface area contributed by atoms with Gasteiger partial charge >= 0.3 is 0 Å². The first kappa shape index (κ1) is 33.4. The van der Waals surface area contributed by atoms with Crippen LogP contribution in [0.3, 0.4) is 0 Å². The molecule has 10 nitrogen and oxygen atoms in total. The number of carbonyl (C=O) groups excluding carboxylic acids is 4. The topological polar surface area (TPSA) is 135 Å². The Morgan fingerprint density at radius 3 is 1.28 bits per heavy atom. The van der Waals surface area contributed by atoms with Crippen LogP contribution in [0.5, 0.6) is 11.5 Å². The SMILES string of the molecule is O=C(COc1ccc2cc(Br)ccc2c1Br)NNC(=O)c1ccc(C(=O)NNC(=O)COc2ccc3cc(Br)ccc3c2Br)cc1. The van der Waals surface area contributed by atoms with Gasteiger partial charge in [0, 0.05) is 20.1 Å². The molecule has 0 fully saturated rings. The van der Waals surface area contributed by atoms with Gasteiger partial charge in [0.15, 0.2) is 13.2 Å². The number of hydrazine groups is 2. The lowest BCUT2D eigenvalue weighted by atomic mass is 10.1. The maximum atomic E-state index is 12.5. The second-order valence-electron chi connectivity index (χ2n) is 9.65. The number of hydrogen-bond acceptors (Lipinski definition) is 6. The third-order valence-electron chi connectivity index (χ3n) is 6.52. The molecule has 0 heterocycles.